The molecule has 23 heavy (non-hydrogen) atoms. The summed E-state index contributed by atoms with van der Waals surface area (Å²) in [5.74, 6) is -0.507. The van der Waals surface area contributed by atoms with E-state index in [0.29, 0.717) is 23.7 Å². The van der Waals surface area contributed by atoms with Gasteiger partial charge in [-0.3, -0.25) is 18.7 Å². The summed E-state index contributed by atoms with van der Waals surface area (Å²) >= 11 is 1.01. The minimum atomic E-state index is -0.969. The van der Waals surface area contributed by atoms with Crippen LogP contribution in [0.2, 0.25) is 0 Å². The second-order valence-corrected chi connectivity index (χ2v) is 6.25. The maximum atomic E-state index is 12.5. The van der Waals surface area contributed by atoms with E-state index in [1.54, 1.807) is 6.92 Å². The Kier molecular flexibility index (Phi) is 4.88. The van der Waals surface area contributed by atoms with Crippen molar-refractivity contribution in [1.29, 1.82) is 0 Å². The summed E-state index contributed by atoms with van der Waals surface area (Å²) in [7, 11) is 2.90. The van der Waals surface area contributed by atoms with Gasteiger partial charge in [-0.1, -0.05) is 25.6 Å². The molecule has 0 aromatic carbocycles. The van der Waals surface area contributed by atoms with E-state index in [9.17, 15) is 19.5 Å². The van der Waals surface area contributed by atoms with Crippen LogP contribution in [0.25, 0.3) is 11.0 Å². The van der Waals surface area contributed by atoms with Gasteiger partial charge in [-0.25, -0.2) is 14.8 Å². The van der Waals surface area contributed by atoms with Crippen LogP contribution in [0.15, 0.2) is 14.6 Å². The van der Waals surface area contributed by atoms with Crippen LogP contribution in [0.4, 0.5) is 0 Å². The SMILES string of the molecule is CCc1nc(S[C@@H](CC)C(=O)O)c2c(=O)n(C)c(=O)n(C)c2n1. The van der Waals surface area contributed by atoms with Gasteiger partial charge < -0.3 is 5.11 Å². The first-order chi connectivity index (χ1) is 10.8. The maximum Gasteiger partial charge on any atom is 0.332 e. The van der Waals surface area contributed by atoms with Crippen LogP contribution in [-0.4, -0.2) is 35.4 Å². The van der Waals surface area contributed by atoms with Gasteiger partial charge in [0, 0.05) is 20.5 Å². The molecule has 0 unspecified atom stereocenters. The van der Waals surface area contributed by atoms with E-state index >= 15 is 0 Å². The van der Waals surface area contributed by atoms with Crippen molar-refractivity contribution in [3.8, 4) is 0 Å². The Bertz CT molecular complexity index is 887. The standard InChI is InChI=1S/C14H18N4O4S/c1-5-7(13(20)21)23-11-9-10(15-8(6-2)16-11)17(3)14(22)18(4)12(9)19/h7H,5-6H2,1-4H3,(H,20,21)/t7-/m0/s1. The highest BCUT2D eigenvalue weighted by Gasteiger charge is 2.23. The van der Waals surface area contributed by atoms with Crippen molar-refractivity contribution in [2.45, 2.75) is 37.0 Å². The summed E-state index contributed by atoms with van der Waals surface area (Å²) < 4.78 is 2.26. The molecule has 2 rings (SSSR count). The number of carboxylic acid groups (broad SMARTS) is 1. The number of aliphatic carboxylic acids is 1. The fourth-order valence-electron chi connectivity index (χ4n) is 2.16. The average Bonchev–Trinajstić information content (AvgIpc) is 2.54. The molecule has 0 saturated heterocycles. The molecular formula is C14H18N4O4S. The van der Waals surface area contributed by atoms with E-state index in [2.05, 4.69) is 9.97 Å². The Balaban J connectivity index is 2.85. The van der Waals surface area contributed by atoms with Gasteiger partial charge in [0.25, 0.3) is 5.56 Å². The van der Waals surface area contributed by atoms with Crippen molar-refractivity contribution < 1.29 is 9.90 Å². The number of aromatic nitrogens is 4. The molecule has 0 aliphatic heterocycles. The van der Waals surface area contributed by atoms with Crippen LogP contribution in [0.5, 0.6) is 0 Å². The highest BCUT2D eigenvalue weighted by atomic mass is 32.2. The minimum Gasteiger partial charge on any atom is -0.480 e. The van der Waals surface area contributed by atoms with Crippen molar-refractivity contribution in [3.05, 3.63) is 26.7 Å². The van der Waals surface area contributed by atoms with Crippen molar-refractivity contribution in [2.24, 2.45) is 14.1 Å². The van der Waals surface area contributed by atoms with Crippen LogP contribution in [0.3, 0.4) is 0 Å². The third-order valence-corrected chi connectivity index (χ3v) is 4.87. The third-order valence-electron chi connectivity index (χ3n) is 3.53. The van der Waals surface area contributed by atoms with E-state index in [1.807, 2.05) is 6.92 Å². The number of carboxylic acids is 1. The number of carbonyl (C=O) groups is 1. The van der Waals surface area contributed by atoms with Crippen molar-refractivity contribution in [3.63, 3.8) is 0 Å². The molecule has 124 valence electrons. The molecular weight excluding hydrogens is 320 g/mol. The number of rotatable bonds is 5. The first-order valence-corrected chi connectivity index (χ1v) is 8.05. The predicted octanol–water partition coefficient (Wildman–Crippen LogP) is 0.545. The highest BCUT2D eigenvalue weighted by Crippen LogP contribution is 2.28. The summed E-state index contributed by atoms with van der Waals surface area (Å²) in [6, 6.07) is 0. The lowest BCUT2D eigenvalue weighted by molar-refractivity contribution is -0.136. The molecule has 0 radical (unpaired) electrons. The molecule has 0 aliphatic rings. The summed E-state index contributed by atoms with van der Waals surface area (Å²) in [5, 5.41) is 9.01. The average molecular weight is 338 g/mol. The Hall–Kier alpha value is -2.16. The predicted molar refractivity (Wildman–Crippen MR) is 87.0 cm³/mol. The Morgan fingerprint density at radius 1 is 1.22 bits per heavy atom. The van der Waals surface area contributed by atoms with Crippen LogP contribution in [0.1, 0.15) is 26.1 Å². The molecule has 2 aromatic rings. The summed E-state index contributed by atoms with van der Waals surface area (Å²) in [5.41, 5.74) is -0.773. The second kappa shape index (κ2) is 6.53. The smallest absolute Gasteiger partial charge is 0.332 e. The Labute approximate surface area is 136 Å². The van der Waals surface area contributed by atoms with Crippen LogP contribution in [0, 0.1) is 0 Å². The lowest BCUT2D eigenvalue weighted by Crippen LogP contribution is -2.38. The molecule has 9 heteroatoms. The van der Waals surface area contributed by atoms with Crippen LogP contribution >= 0.6 is 11.8 Å². The summed E-state index contributed by atoms with van der Waals surface area (Å²) in [4.78, 5) is 44.4. The van der Waals surface area contributed by atoms with E-state index in [-0.39, 0.29) is 11.0 Å². The number of hydrogen-bond donors (Lipinski definition) is 1. The topological polar surface area (TPSA) is 107 Å². The van der Waals surface area contributed by atoms with Gasteiger partial charge in [0.2, 0.25) is 0 Å². The molecule has 0 bridgehead atoms. The molecule has 1 atom stereocenters. The van der Waals surface area contributed by atoms with Gasteiger partial charge >= 0.3 is 11.7 Å². The monoisotopic (exact) mass is 338 g/mol. The molecule has 0 saturated carbocycles. The first-order valence-electron chi connectivity index (χ1n) is 7.17. The largest absolute Gasteiger partial charge is 0.480 e. The number of aryl methyl sites for hydroxylation is 2. The molecule has 0 amide bonds. The van der Waals surface area contributed by atoms with E-state index in [1.165, 1.54) is 18.7 Å². The normalized spacial score (nSPS) is 12.5. The highest BCUT2D eigenvalue weighted by molar-refractivity contribution is 8.00. The lowest BCUT2D eigenvalue weighted by Gasteiger charge is -2.13. The summed E-state index contributed by atoms with van der Waals surface area (Å²) in [6.07, 6.45) is 0.899. The number of thioether (sulfide) groups is 1. The third kappa shape index (κ3) is 3.00. The fourth-order valence-corrected chi connectivity index (χ4v) is 3.15. The first kappa shape index (κ1) is 17.2. The second-order valence-electron chi connectivity index (χ2n) is 5.06. The lowest BCUT2D eigenvalue weighted by atomic mass is 10.3. The number of fused-ring (bicyclic) bond motifs is 1. The zero-order valence-corrected chi connectivity index (χ0v) is 14.2. The van der Waals surface area contributed by atoms with Gasteiger partial charge in [0.1, 0.15) is 21.5 Å². The van der Waals surface area contributed by atoms with Crippen molar-refractivity contribution >= 4 is 28.8 Å². The van der Waals surface area contributed by atoms with Crippen molar-refractivity contribution in [2.75, 3.05) is 0 Å². The molecule has 1 N–H and O–H groups in total. The molecule has 8 nitrogen and oxygen atoms in total. The van der Waals surface area contributed by atoms with Gasteiger partial charge in [0.15, 0.2) is 5.65 Å². The minimum absolute atomic E-state index is 0.177. The number of hydrogen-bond acceptors (Lipinski definition) is 6. The van der Waals surface area contributed by atoms with Crippen LogP contribution < -0.4 is 11.2 Å². The zero-order chi connectivity index (χ0) is 17.3. The number of nitrogens with zero attached hydrogens (tertiary/aromatic N) is 4. The Morgan fingerprint density at radius 2 is 1.87 bits per heavy atom. The molecule has 2 heterocycles. The molecule has 2 aromatic heterocycles. The van der Waals surface area contributed by atoms with E-state index in [0.717, 1.165) is 16.3 Å². The summed E-state index contributed by atoms with van der Waals surface area (Å²) in [6.45, 7) is 3.60. The fraction of sp³-hybridized carbons (Fsp3) is 0.500. The van der Waals surface area contributed by atoms with Gasteiger partial charge in [-0.05, 0) is 6.42 Å². The maximum absolute atomic E-state index is 12.5. The van der Waals surface area contributed by atoms with Gasteiger partial charge in [-0.15, -0.1) is 0 Å². The van der Waals surface area contributed by atoms with E-state index in [4.69, 9.17) is 0 Å². The molecule has 0 spiro atoms. The van der Waals surface area contributed by atoms with Crippen molar-refractivity contribution in [1.82, 2.24) is 19.1 Å². The van der Waals surface area contributed by atoms with Gasteiger partial charge in [0.05, 0.1) is 0 Å². The molecule has 0 fully saturated rings. The van der Waals surface area contributed by atoms with E-state index < -0.39 is 22.5 Å². The zero-order valence-electron chi connectivity index (χ0n) is 13.4. The molecule has 0 aliphatic carbocycles. The quantitative estimate of drug-likeness (QED) is 0.626. The Morgan fingerprint density at radius 3 is 2.39 bits per heavy atom. The van der Waals surface area contributed by atoms with Crippen LogP contribution in [-0.2, 0) is 25.3 Å². The van der Waals surface area contributed by atoms with Gasteiger partial charge in [-0.2, -0.15) is 0 Å².